The second-order valence-electron chi connectivity index (χ2n) is 7.63. The summed E-state index contributed by atoms with van der Waals surface area (Å²) in [5, 5.41) is 2.99. The zero-order valence-electron chi connectivity index (χ0n) is 17.5. The summed E-state index contributed by atoms with van der Waals surface area (Å²) in [5.41, 5.74) is 1.62. The number of carbonyl (C=O) groups excluding carboxylic acids is 1. The normalized spacial score (nSPS) is 15.5. The number of anilines is 1. The standard InChI is InChI=1S/C24H26FN3O3/c1-30-21-10-8-20(9-11-21)27-12-14-28(15-13-27)22(23-3-2-16-31-23)17-26-24(29)18-4-6-19(25)7-5-18/h2-11,16,22H,12-15,17H2,1H3,(H,26,29)/p+1/t22-/m1/s1. The summed E-state index contributed by atoms with van der Waals surface area (Å²) in [5.74, 6) is 1.13. The number of furan rings is 1. The van der Waals surface area contributed by atoms with Crippen molar-refractivity contribution in [2.45, 2.75) is 6.04 Å². The molecule has 7 heteroatoms. The summed E-state index contributed by atoms with van der Waals surface area (Å²) in [6, 6.07) is 17.5. The van der Waals surface area contributed by atoms with Crippen LogP contribution in [-0.4, -0.2) is 45.7 Å². The highest BCUT2D eigenvalue weighted by Gasteiger charge is 2.31. The number of benzene rings is 2. The van der Waals surface area contributed by atoms with Crippen LogP contribution in [0.1, 0.15) is 22.2 Å². The van der Waals surface area contributed by atoms with Gasteiger partial charge in [0.2, 0.25) is 0 Å². The number of hydrogen-bond donors (Lipinski definition) is 2. The molecule has 1 aromatic heterocycles. The van der Waals surface area contributed by atoms with Crippen molar-refractivity contribution < 1.29 is 23.2 Å². The molecule has 0 spiro atoms. The minimum absolute atomic E-state index is 0.0115. The number of rotatable bonds is 7. The molecule has 0 saturated carbocycles. The van der Waals surface area contributed by atoms with Gasteiger partial charge in [-0.05, 0) is 60.7 Å². The highest BCUT2D eigenvalue weighted by molar-refractivity contribution is 5.94. The van der Waals surface area contributed by atoms with Crippen LogP contribution in [-0.2, 0) is 0 Å². The minimum Gasteiger partial charge on any atom is -0.497 e. The summed E-state index contributed by atoms with van der Waals surface area (Å²) in [6.45, 7) is 4.10. The fourth-order valence-corrected chi connectivity index (χ4v) is 4.03. The number of methoxy groups -OCH3 is 1. The molecule has 31 heavy (non-hydrogen) atoms. The summed E-state index contributed by atoms with van der Waals surface area (Å²) < 4.78 is 24.1. The summed E-state index contributed by atoms with van der Waals surface area (Å²) in [7, 11) is 1.67. The first-order valence-electron chi connectivity index (χ1n) is 10.4. The zero-order chi connectivity index (χ0) is 21.6. The van der Waals surface area contributed by atoms with Crippen LogP contribution in [0.3, 0.4) is 0 Å². The monoisotopic (exact) mass is 424 g/mol. The topological polar surface area (TPSA) is 59.1 Å². The molecule has 6 nitrogen and oxygen atoms in total. The molecule has 1 atom stereocenters. The predicted molar refractivity (Wildman–Crippen MR) is 116 cm³/mol. The summed E-state index contributed by atoms with van der Waals surface area (Å²) in [6.07, 6.45) is 1.66. The molecule has 0 aliphatic carbocycles. The molecule has 1 aliphatic rings. The third kappa shape index (κ3) is 5.06. The third-order valence-electron chi connectivity index (χ3n) is 5.80. The Morgan fingerprint density at radius 1 is 1.13 bits per heavy atom. The third-order valence-corrected chi connectivity index (χ3v) is 5.80. The Labute approximate surface area is 181 Å². The van der Waals surface area contributed by atoms with Gasteiger partial charge < -0.3 is 24.3 Å². The lowest BCUT2D eigenvalue weighted by molar-refractivity contribution is -0.932. The number of ether oxygens (including phenoxy) is 1. The molecule has 1 amide bonds. The maximum absolute atomic E-state index is 13.1. The van der Waals surface area contributed by atoms with Gasteiger partial charge in [-0.25, -0.2) is 4.39 Å². The van der Waals surface area contributed by atoms with E-state index in [1.165, 1.54) is 34.9 Å². The zero-order valence-corrected chi connectivity index (χ0v) is 17.5. The van der Waals surface area contributed by atoms with Crippen LogP contribution in [0, 0.1) is 5.82 Å². The Hall–Kier alpha value is -3.32. The maximum Gasteiger partial charge on any atom is 0.251 e. The Balaban J connectivity index is 1.39. The van der Waals surface area contributed by atoms with Crippen molar-refractivity contribution in [2.75, 3.05) is 44.7 Å². The minimum atomic E-state index is -0.357. The van der Waals surface area contributed by atoms with Crippen molar-refractivity contribution in [1.82, 2.24) is 5.32 Å². The number of nitrogens with one attached hydrogen (secondary N) is 2. The van der Waals surface area contributed by atoms with E-state index >= 15 is 0 Å². The fraction of sp³-hybridized carbons (Fsp3) is 0.292. The van der Waals surface area contributed by atoms with Crippen LogP contribution in [0.5, 0.6) is 5.75 Å². The lowest BCUT2D eigenvalue weighted by Gasteiger charge is -2.37. The lowest BCUT2D eigenvalue weighted by Crippen LogP contribution is -3.15. The van der Waals surface area contributed by atoms with E-state index in [1.807, 2.05) is 24.3 Å². The molecule has 4 rings (SSSR count). The van der Waals surface area contributed by atoms with Crippen molar-refractivity contribution in [3.8, 4) is 5.75 Å². The molecule has 162 valence electrons. The van der Waals surface area contributed by atoms with Gasteiger partial charge in [0.25, 0.3) is 5.91 Å². The first kappa shape index (κ1) is 20.9. The van der Waals surface area contributed by atoms with Gasteiger partial charge >= 0.3 is 0 Å². The van der Waals surface area contributed by atoms with Gasteiger partial charge in [-0.1, -0.05) is 0 Å². The van der Waals surface area contributed by atoms with Crippen LogP contribution < -0.4 is 19.9 Å². The average molecular weight is 424 g/mol. The molecule has 2 N–H and O–H groups in total. The Morgan fingerprint density at radius 2 is 1.84 bits per heavy atom. The molecule has 3 aromatic rings. The highest BCUT2D eigenvalue weighted by atomic mass is 19.1. The van der Waals surface area contributed by atoms with Crippen molar-refractivity contribution in [2.24, 2.45) is 0 Å². The van der Waals surface area contributed by atoms with Gasteiger partial charge in [-0.2, -0.15) is 0 Å². The summed E-state index contributed by atoms with van der Waals surface area (Å²) in [4.78, 5) is 16.2. The summed E-state index contributed by atoms with van der Waals surface area (Å²) >= 11 is 0. The van der Waals surface area contributed by atoms with Crippen LogP contribution in [0.25, 0.3) is 0 Å². The van der Waals surface area contributed by atoms with Gasteiger partial charge in [0, 0.05) is 11.3 Å². The van der Waals surface area contributed by atoms with Crippen molar-refractivity contribution in [1.29, 1.82) is 0 Å². The van der Waals surface area contributed by atoms with Crippen LogP contribution in [0.4, 0.5) is 10.1 Å². The van der Waals surface area contributed by atoms with E-state index in [9.17, 15) is 9.18 Å². The first-order chi connectivity index (χ1) is 15.1. The molecule has 2 heterocycles. The predicted octanol–water partition coefficient (Wildman–Crippen LogP) is 2.30. The van der Waals surface area contributed by atoms with E-state index in [0.717, 1.165) is 37.7 Å². The molecule has 1 fully saturated rings. The number of halogens is 1. The number of carbonyl (C=O) groups is 1. The second kappa shape index (κ2) is 9.66. The number of quaternary nitrogens is 1. The Morgan fingerprint density at radius 3 is 2.45 bits per heavy atom. The lowest BCUT2D eigenvalue weighted by atomic mass is 10.1. The molecular weight excluding hydrogens is 397 g/mol. The van der Waals surface area contributed by atoms with Gasteiger partial charge in [-0.15, -0.1) is 0 Å². The molecule has 0 bridgehead atoms. The number of piperazine rings is 1. The smallest absolute Gasteiger partial charge is 0.251 e. The van der Waals surface area contributed by atoms with E-state index in [1.54, 1.807) is 13.4 Å². The maximum atomic E-state index is 13.1. The van der Waals surface area contributed by atoms with Gasteiger partial charge in [-0.3, -0.25) is 4.79 Å². The van der Waals surface area contributed by atoms with Crippen molar-refractivity contribution >= 4 is 11.6 Å². The van der Waals surface area contributed by atoms with Gasteiger partial charge in [0.1, 0.15) is 11.6 Å². The van der Waals surface area contributed by atoms with Crippen molar-refractivity contribution in [3.63, 3.8) is 0 Å². The number of amides is 1. The molecule has 1 aliphatic heterocycles. The second-order valence-corrected chi connectivity index (χ2v) is 7.63. The van der Waals surface area contributed by atoms with E-state index in [4.69, 9.17) is 9.15 Å². The number of nitrogens with zero attached hydrogens (tertiary/aromatic N) is 1. The molecule has 2 aromatic carbocycles. The molecule has 1 saturated heterocycles. The quantitative estimate of drug-likeness (QED) is 0.611. The molecule has 0 unspecified atom stereocenters. The number of hydrogen-bond acceptors (Lipinski definition) is 4. The average Bonchev–Trinajstić information content (AvgIpc) is 3.35. The van der Waals surface area contributed by atoms with Gasteiger partial charge in [0.05, 0.1) is 46.1 Å². The van der Waals surface area contributed by atoms with Crippen LogP contribution >= 0.6 is 0 Å². The van der Waals surface area contributed by atoms with E-state index in [-0.39, 0.29) is 17.8 Å². The SMILES string of the molecule is COc1ccc(N2CC[NH+]([C@H](CNC(=O)c3ccc(F)cc3)c3ccco3)CC2)cc1. The van der Waals surface area contributed by atoms with Crippen molar-refractivity contribution in [3.05, 3.63) is 84.1 Å². The van der Waals surface area contributed by atoms with E-state index in [0.29, 0.717) is 12.1 Å². The van der Waals surface area contributed by atoms with Crippen LogP contribution in [0.2, 0.25) is 0 Å². The largest absolute Gasteiger partial charge is 0.497 e. The van der Waals surface area contributed by atoms with E-state index in [2.05, 4.69) is 22.3 Å². The Bertz CT molecular complexity index is 966. The highest BCUT2D eigenvalue weighted by Crippen LogP contribution is 2.19. The first-order valence-corrected chi connectivity index (χ1v) is 10.4. The Kier molecular flexibility index (Phi) is 6.52. The van der Waals surface area contributed by atoms with Gasteiger partial charge in [0.15, 0.2) is 11.8 Å². The van der Waals surface area contributed by atoms with Crippen LogP contribution in [0.15, 0.2) is 71.3 Å². The fourth-order valence-electron chi connectivity index (χ4n) is 4.03. The molecular formula is C24H27FN3O3+. The molecule has 0 radical (unpaired) electrons. The van der Waals surface area contributed by atoms with E-state index < -0.39 is 0 Å².